The first-order chi connectivity index (χ1) is 7.23. The zero-order valence-electron chi connectivity index (χ0n) is 10.5. The van der Waals surface area contributed by atoms with Crippen molar-refractivity contribution in [2.45, 2.75) is 45.4 Å². The number of ether oxygens (including phenoxy) is 1. The summed E-state index contributed by atoms with van der Waals surface area (Å²) < 4.78 is 5.25. The van der Waals surface area contributed by atoms with Crippen LogP contribution in [-0.4, -0.2) is 5.97 Å². The van der Waals surface area contributed by atoms with Crippen molar-refractivity contribution in [3.8, 4) is 5.75 Å². The molecule has 0 aromatic heterocycles. The largest absolute Gasteiger partial charge is 0.426 e. The van der Waals surface area contributed by atoms with Gasteiger partial charge in [0.15, 0.2) is 0 Å². The molecule has 0 aliphatic carbocycles. The van der Waals surface area contributed by atoms with Crippen LogP contribution in [0.25, 0.3) is 0 Å². The molecule has 2 heteroatoms. The lowest BCUT2D eigenvalue weighted by molar-refractivity contribution is -0.137. The van der Waals surface area contributed by atoms with Gasteiger partial charge >= 0.3 is 5.97 Å². The van der Waals surface area contributed by atoms with Crippen LogP contribution in [0, 0.1) is 0 Å². The number of carbonyl (C=O) groups is 1. The van der Waals surface area contributed by atoms with Gasteiger partial charge in [-0.3, -0.25) is 4.79 Å². The van der Waals surface area contributed by atoms with E-state index in [0.717, 1.165) is 5.56 Å². The molecule has 1 aromatic rings. The highest BCUT2D eigenvalue weighted by molar-refractivity contribution is 5.89. The summed E-state index contributed by atoms with van der Waals surface area (Å²) in [5.74, 6) is 0.552. The number of hydrogen-bond acceptors (Lipinski definition) is 2. The monoisotopic (exact) mass is 218 g/mol. The van der Waals surface area contributed by atoms with Gasteiger partial charge in [-0.05, 0) is 30.9 Å². The van der Waals surface area contributed by atoms with E-state index in [2.05, 4.69) is 26.8 Å². The second-order valence-electron chi connectivity index (χ2n) is 5.98. The second kappa shape index (κ2) is 3.09. The van der Waals surface area contributed by atoms with Crippen molar-refractivity contribution in [3.63, 3.8) is 0 Å². The Morgan fingerprint density at radius 1 is 1.19 bits per heavy atom. The first-order valence-electron chi connectivity index (χ1n) is 5.60. The molecule has 0 N–H and O–H groups in total. The smallest absolute Gasteiger partial charge is 0.321 e. The normalized spacial score (nSPS) is 18.2. The van der Waals surface area contributed by atoms with Gasteiger partial charge < -0.3 is 4.74 Å². The van der Waals surface area contributed by atoms with Crippen molar-refractivity contribution in [2.24, 2.45) is 0 Å². The van der Waals surface area contributed by atoms with Crippen molar-refractivity contribution in [1.29, 1.82) is 0 Å². The van der Waals surface area contributed by atoms with Crippen LogP contribution >= 0.6 is 0 Å². The van der Waals surface area contributed by atoms with Gasteiger partial charge in [0, 0.05) is 5.56 Å². The van der Waals surface area contributed by atoms with Gasteiger partial charge in [-0.1, -0.05) is 32.9 Å². The summed E-state index contributed by atoms with van der Waals surface area (Å²) in [6.07, 6.45) is 0. The molecule has 16 heavy (non-hydrogen) atoms. The summed E-state index contributed by atoms with van der Waals surface area (Å²) in [5, 5.41) is 0. The van der Waals surface area contributed by atoms with Gasteiger partial charge in [0.05, 0.1) is 5.41 Å². The van der Waals surface area contributed by atoms with Gasteiger partial charge in [0.1, 0.15) is 5.75 Å². The Hall–Kier alpha value is -1.31. The molecule has 0 unspecified atom stereocenters. The SMILES string of the molecule is CC(C)(C)c1ccc2c(c1)C(C)(C)C(=O)O2. The standard InChI is InChI=1S/C14H18O2/c1-13(2,3)9-6-7-11-10(8-9)14(4,5)12(15)16-11/h6-8H,1-5H3. The number of benzene rings is 1. The third-order valence-electron chi connectivity index (χ3n) is 3.23. The molecule has 0 radical (unpaired) electrons. The van der Waals surface area contributed by atoms with Crippen LogP contribution in [0.5, 0.6) is 5.75 Å². The Morgan fingerprint density at radius 2 is 1.81 bits per heavy atom. The fourth-order valence-electron chi connectivity index (χ4n) is 1.91. The highest BCUT2D eigenvalue weighted by Gasteiger charge is 2.41. The van der Waals surface area contributed by atoms with Crippen molar-refractivity contribution in [1.82, 2.24) is 0 Å². The van der Waals surface area contributed by atoms with Gasteiger partial charge in [-0.15, -0.1) is 0 Å². The third-order valence-corrected chi connectivity index (χ3v) is 3.23. The van der Waals surface area contributed by atoms with E-state index in [1.54, 1.807) is 0 Å². The van der Waals surface area contributed by atoms with E-state index in [0.29, 0.717) is 5.75 Å². The Labute approximate surface area is 96.6 Å². The molecule has 1 aromatic carbocycles. The second-order valence-corrected chi connectivity index (χ2v) is 5.98. The highest BCUT2D eigenvalue weighted by Crippen LogP contribution is 2.41. The zero-order valence-corrected chi connectivity index (χ0v) is 10.5. The first-order valence-corrected chi connectivity index (χ1v) is 5.60. The van der Waals surface area contributed by atoms with E-state index in [9.17, 15) is 4.79 Å². The van der Waals surface area contributed by atoms with Gasteiger partial charge in [-0.25, -0.2) is 0 Å². The lowest BCUT2D eigenvalue weighted by Crippen LogP contribution is -2.26. The molecule has 0 spiro atoms. The van der Waals surface area contributed by atoms with E-state index in [1.807, 2.05) is 26.0 Å². The minimum Gasteiger partial charge on any atom is -0.426 e. The predicted molar refractivity (Wildman–Crippen MR) is 63.8 cm³/mol. The zero-order chi connectivity index (χ0) is 12.1. The van der Waals surface area contributed by atoms with E-state index >= 15 is 0 Å². The maximum atomic E-state index is 11.7. The van der Waals surface area contributed by atoms with E-state index in [4.69, 9.17) is 4.74 Å². The van der Waals surface area contributed by atoms with Crippen LogP contribution in [0.1, 0.15) is 45.7 Å². The maximum absolute atomic E-state index is 11.7. The Morgan fingerprint density at radius 3 is 2.38 bits per heavy atom. The molecule has 2 nitrogen and oxygen atoms in total. The topological polar surface area (TPSA) is 26.3 Å². The molecule has 0 atom stereocenters. The van der Waals surface area contributed by atoms with Crippen LogP contribution in [-0.2, 0) is 15.6 Å². The quantitative estimate of drug-likeness (QED) is 0.494. The number of fused-ring (bicyclic) bond motifs is 1. The molecule has 0 bridgehead atoms. The van der Waals surface area contributed by atoms with Crippen LogP contribution in [0.15, 0.2) is 18.2 Å². The Kier molecular flexibility index (Phi) is 2.16. The van der Waals surface area contributed by atoms with Gasteiger partial charge in [-0.2, -0.15) is 0 Å². The van der Waals surface area contributed by atoms with Gasteiger partial charge in [0.25, 0.3) is 0 Å². The van der Waals surface area contributed by atoms with Crippen LogP contribution in [0.4, 0.5) is 0 Å². The molecular weight excluding hydrogens is 200 g/mol. The summed E-state index contributed by atoms with van der Waals surface area (Å²) >= 11 is 0. The summed E-state index contributed by atoms with van der Waals surface area (Å²) in [6.45, 7) is 10.3. The molecule has 2 rings (SSSR count). The Balaban J connectivity index is 2.57. The highest BCUT2D eigenvalue weighted by atomic mass is 16.5. The van der Waals surface area contributed by atoms with E-state index < -0.39 is 5.41 Å². The molecule has 0 saturated heterocycles. The first kappa shape index (κ1) is 11.2. The minimum atomic E-state index is -0.517. The predicted octanol–water partition coefficient (Wildman–Crippen LogP) is 3.18. The summed E-state index contributed by atoms with van der Waals surface area (Å²) in [4.78, 5) is 11.7. The molecule has 0 amide bonds. The summed E-state index contributed by atoms with van der Waals surface area (Å²) in [5.41, 5.74) is 1.82. The number of carbonyl (C=O) groups excluding carboxylic acids is 1. The minimum absolute atomic E-state index is 0.0940. The number of hydrogen-bond donors (Lipinski definition) is 0. The average molecular weight is 218 g/mol. The molecule has 1 aliphatic rings. The fourth-order valence-corrected chi connectivity index (χ4v) is 1.91. The molecule has 86 valence electrons. The maximum Gasteiger partial charge on any atom is 0.321 e. The summed E-state index contributed by atoms with van der Waals surface area (Å²) in [7, 11) is 0. The molecule has 0 fully saturated rings. The van der Waals surface area contributed by atoms with Crippen LogP contribution < -0.4 is 4.74 Å². The van der Waals surface area contributed by atoms with Crippen LogP contribution in [0.2, 0.25) is 0 Å². The van der Waals surface area contributed by atoms with E-state index in [-0.39, 0.29) is 11.4 Å². The molecule has 0 saturated carbocycles. The lowest BCUT2D eigenvalue weighted by Gasteiger charge is -2.21. The van der Waals surface area contributed by atoms with Crippen molar-refractivity contribution in [2.75, 3.05) is 0 Å². The third kappa shape index (κ3) is 1.53. The van der Waals surface area contributed by atoms with Gasteiger partial charge in [0.2, 0.25) is 0 Å². The number of esters is 1. The lowest BCUT2D eigenvalue weighted by atomic mass is 9.80. The molecule has 1 aliphatic heterocycles. The van der Waals surface area contributed by atoms with Crippen molar-refractivity contribution < 1.29 is 9.53 Å². The van der Waals surface area contributed by atoms with E-state index in [1.165, 1.54) is 5.56 Å². The fraction of sp³-hybridized carbons (Fsp3) is 0.500. The summed E-state index contributed by atoms with van der Waals surface area (Å²) in [6, 6.07) is 6.04. The average Bonchev–Trinajstić information content (AvgIpc) is 2.37. The van der Waals surface area contributed by atoms with Crippen molar-refractivity contribution >= 4 is 5.97 Å². The molecular formula is C14H18O2. The molecule has 1 heterocycles. The van der Waals surface area contributed by atoms with Crippen molar-refractivity contribution in [3.05, 3.63) is 29.3 Å². The number of rotatable bonds is 0. The Bertz CT molecular complexity index is 450. The van der Waals surface area contributed by atoms with Crippen LogP contribution in [0.3, 0.4) is 0 Å².